The Morgan fingerprint density at radius 2 is 1.88 bits per heavy atom. The van der Waals surface area contributed by atoms with E-state index in [1.807, 2.05) is 18.2 Å². The Morgan fingerprint density at radius 1 is 1.08 bits per heavy atom. The summed E-state index contributed by atoms with van der Waals surface area (Å²) in [6, 6.07) is 12.6. The number of aryl methyl sites for hydroxylation is 1. The van der Waals surface area contributed by atoms with Gasteiger partial charge in [0.15, 0.2) is 0 Å². The van der Waals surface area contributed by atoms with Crippen LogP contribution in [0.25, 0.3) is 10.9 Å². The summed E-state index contributed by atoms with van der Waals surface area (Å²) in [5.74, 6) is -0.374. The van der Waals surface area contributed by atoms with Crippen LogP contribution in [0.1, 0.15) is 22.3 Å². The molecule has 0 aliphatic heterocycles. The molecule has 1 aromatic heterocycles. The number of aromatic amines is 1. The zero-order chi connectivity index (χ0) is 17.8. The normalized spacial score (nSPS) is 10.8. The molecule has 0 fully saturated rings. The third kappa shape index (κ3) is 4.03. The van der Waals surface area contributed by atoms with Crippen molar-refractivity contribution in [3.05, 3.63) is 80.1 Å². The molecule has 4 nitrogen and oxygen atoms in total. The van der Waals surface area contributed by atoms with E-state index in [0.29, 0.717) is 27.5 Å². The lowest BCUT2D eigenvalue weighted by atomic mass is 10.1. The van der Waals surface area contributed by atoms with Gasteiger partial charge in [0, 0.05) is 23.6 Å². The zero-order valence-corrected chi connectivity index (χ0v) is 14.8. The molecular formula is C19H16Cl2N2O2. The van der Waals surface area contributed by atoms with Crippen molar-refractivity contribution in [1.29, 1.82) is 0 Å². The third-order valence-electron chi connectivity index (χ3n) is 3.94. The average molecular weight is 375 g/mol. The van der Waals surface area contributed by atoms with Crippen LogP contribution in [0.5, 0.6) is 0 Å². The molecule has 0 spiro atoms. The van der Waals surface area contributed by atoms with Crippen molar-refractivity contribution >= 4 is 40.0 Å². The number of carbonyl (C=O) groups excluding carboxylic acids is 1. The fourth-order valence-corrected chi connectivity index (χ4v) is 2.94. The molecule has 0 radical (unpaired) electrons. The minimum atomic E-state index is -0.374. The summed E-state index contributed by atoms with van der Waals surface area (Å²) in [6.07, 6.45) is 2.94. The third-order valence-corrected chi connectivity index (χ3v) is 4.68. The first-order valence-corrected chi connectivity index (χ1v) is 8.64. The maximum atomic E-state index is 12.4. The molecule has 2 aromatic carbocycles. The number of halogens is 2. The van der Waals surface area contributed by atoms with Gasteiger partial charge in [0.1, 0.15) is 5.56 Å². The summed E-state index contributed by atoms with van der Waals surface area (Å²) in [7, 11) is 0. The SMILES string of the molecule is O=C(NCCCc1ccc(Cl)c(Cl)c1)c1c[nH]c2ccccc2c1=O. The first-order valence-electron chi connectivity index (χ1n) is 7.89. The smallest absolute Gasteiger partial charge is 0.256 e. The summed E-state index contributed by atoms with van der Waals surface area (Å²) < 4.78 is 0. The number of fused-ring (bicyclic) bond motifs is 1. The summed E-state index contributed by atoms with van der Waals surface area (Å²) in [6.45, 7) is 0.464. The highest BCUT2D eigenvalue weighted by Crippen LogP contribution is 2.23. The predicted molar refractivity (Wildman–Crippen MR) is 102 cm³/mol. The second kappa shape index (κ2) is 7.72. The standard InChI is InChI=1S/C19H16Cl2N2O2/c20-15-8-7-12(10-16(15)21)4-3-9-22-19(25)14-11-23-17-6-2-1-5-13(17)18(14)24/h1-2,5-8,10-11H,3-4,9H2,(H,22,25)(H,23,24). The summed E-state index contributed by atoms with van der Waals surface area (Å²) in [5.41, 5.74) is 1.61. The van der Waals surface area contributed by atoms with E-state index in [1.165, 1.54) is 6.20 Å². The van der Waals surface area contributed by atoms with Crippen LogP contribution in [0.2, 0.25) is 10.0 Å². The van der Waals surface area contributed by atoms with Crippen LogP contribution in [0.4, 0.5) is 0 Å². The number of benzene rings is 2. The number of carbonyl (C=O) groups is 1. The Bertz CT molecular complexity index is 983. The van der Waals surface area contributed by atoms with Gasteiger partial charge in [-0.05, 0) is 42.7 Å². The van der Waals surface area contributed by atoms with Crippen molar-refractivity contribution in [1.82, 2.24) is 10.3 Å². The highest BCUT2D eigenvalue weighted by Gasteiger charge is 2.12. The Kier molecular flexibility index (Phi) is 5.41. The Labute approximate surface area is 154 Å². The van der Waals surface area contributed by atoms with Gasteiger partial charge in [-0.15, -0.1) is 0 Å². The number of amides is 1. The molecule has 0 atom stereocenters. The first kappa shape index (κ1) is 17.5. The van der Waals surface area contributed by atoms with Crippen molar-refractivity contribution in [2.75, 3.05) is 6.54 Å². The Hall–Kier alpha value is -2.30. The van der Waals surface area contributed by atoms with Crippen molar-refractivity contribution < 1.29 is 4.79 Å². The van der Waals surface area contributed by atoms with Gasteiger partial charge >= 0.3 is 0 Å². The first-order chi connectivity index (χ1) is 12.1. The van der Waals surface area contributed by atoms with Gasteiger partial charge in [0.05, 0.1) is 10.0 Å². The molecule has 0 unspecified atom stereocenters. The molecule has 25 heavy (non-hydrogen) atoms. The van der Waals surface area contributed by atoms with Gasteiger partial charge in [-0.25, -0.2) is 0 Å². The highest BCUT2D eigenvalue weighted by molar-refractivity contribution is 6.42. The number of rotatable bonds is 5. The molecule has 6 heteroatoms. The van der Waals surface area contributed by atoms with Crippen molar-refractivity contribution in [3.63, 3.8) is 0 Å². The van der Waals surface area contributed by atoms with Crippen LogP contribution in [-0.2, 0) is 6.42 Å². The fraction of sp³-hybridized carbons (Fsp3) is 0.158. The van der Waals surface area contributed by atoms with Crippen LogP contribution >= 0.6 is 23.2 Å². The molecule has 0 aliphatic carbocycles. The van der Waals surface area contributed by atoms with Crippen LogP contribution in [0.15, 0.2) is 53.5 Å². The van der Waals surface area contributed by atoms with E-state index in [9.17, 15) is 9.59 Å². The summed E-state index contributed by atoms with van der Waals surface area (Å²) in [5, 5.41) is 4.33. The van der Waals surface area contributed by atoms with Crippen LogP contribution in [0.3, 0.4) is 0 Å². The lowest BCUT2D eigenvalue weighted by molar-refractivity contribution is 0.0952. The molecule has 3 rings (SSSR count). The van der Waals surface area contributed by atoms with Gasteiger partial charge in [0.25, 0.3) is 5.91 Å². The summed E-state index contributed by atoms with van der Waals surface area (Å²) in [4.78, 5) is 27.6. The number of hydrogen-bond acceptors (Lipinski definition) is 2. The van der Waals surface area contributed by atoms with E-state index in [4.69, 9.17) is 23.2 Å². The molecule has 128 valence electrons. The van der Waals surface area contributed by atoms with Gasteiger partial charge in [-0.3, -0.25) is 9.59 Å². The van der Waals surface area contributed by atoms with Crippen molar-refractivity contribution in [2.24, 2.45) is 0 Å². The minimum Gasteiger partial charge on any atom is -0.360 e. The van der Waals surface area contributed by atoms with Crippen molar-refractivity contribution in [2.45, 2.75) is 12.8 Å². The lowest BCUT2D eigenvalue weighted by Gasteiger charge is -2.07. The maximum Gasteiger partial charge on any atom is 0.256 e. The molecular weight excluding hydrogens is 359 g/mol. The van der Waals surface area contributed by atoms with Gasteiger partial charge in [-0.1, -0.05) is 41.4 Å². The van der Waals surface area contributed by atoms with Gasteiger partial charge in [0.2, 0.25) is 5.43 Å². The van der Waals surface area contributed by atoms with Gasteiger partial charge < -0.3 is 10.3 Å². The second-order valence-electron chi connectivity index (χ2n) is 5.68. The highest BCUT2D eigenvalue weighted by atomic mass is 35.5. The van der Waals surface area contributed by atoms with Gasteiger partial charge in [-0.2, -0.15) is 0 Å². The second-order valence-corrected chi connectivity index (χ2v) is 6.50. The van der Waals surface area contributed by atoms with Crippen molar-refractivity contribution in [3.8, 4) is 0 Å². The zero-order valence-electron chi connectivity index (χ0n) is 13.3. The topological polar surface area (TPSA) is 62.0 Å². The molecule has 0 saturated heterocycles. The van der Waals surface area contributed by atoms with Crippen LogP contribution in [0, 0.1) is 0 Å². The Morgan fingerprint density at radius 3 is 2.68 bits per heavy atom. The molecule has 3 aromatic rings. The number of hydrogen-bond donors (Lipinski definition) is 2. The average Bonchev–Trinajstić information content (AvgIpc) is 2.62. The van der Waals surface area contributed by atoms with E-state index < -0.39 is 0 Å². The van der Waals surface area contributed by atoms with E-state index in [2.05, 4.69) is 10.3 Å². The molecule has 0 saturated carbocycles. The van der Waals surface area contributed by atoms with E-state index in [1.54, 1.807) is 24.3 Å². The van der Waals surface area contributed by atoms with Crippen LogP contribution < -0.4 is 10.7 Å². The lowest BCUT2D eigenvalue weighted by Crippen LogP contribution is -2.29. The number of nitrogens with one attached hydrogen (secondary N) is 2. The minimum absolute atomic E-state index is 0.119. The molecule has 2 N–H and O–H groups in total. The quantitative estimate of drug-likeness (QED) is 0.657. The van der Waals surface area contributed by atoms with Crippen LogP contribution in [-0.4, -0.2) is 17.4 Å². The number of para-hydroxylation sites is 1. The molecule has 0 bridgehead atoms. The molecule has 1 amide bonds. The largest absolute Gasteiger partial charge is 0.360 e. The number of pyridine rings is 1. The van der Waals surface area contributed by atoms with E-state index in [-0.39, 0.29) is 16.9 Å². The predicted octanol–water partition coefficient (Wildman–Crippen LogP) is 4.20. The number of aromatic nitrogens is 1. The van der Waals surface area contributed by atoms with E-state index >= 15 is 0 Å². The summed E-state index contributed by atoms with van der Waals surface area (Å²) >= 11 is 11.9. The van der Waals surface area contributed by atoms with E-state index in [0.717, 1.165) is 18.4 Å². The fourth-order valence-electron chi connectivity index (χ4n) is 2.62. The maximum absolute atomic E-state index is 12.4. The molecule has 1 heterocycles. The Balaban J connectivity index is 1.60. The molecule has 0 aliphatic rings. The monoisotopic (exact) mass is 374 g/mol. The number of H-pyrrole nitrogens is 1.